The molecular weight excluding hydrogens is 394 g/mol. The maximum absolute atomic E-state index is 5.90. The van der Waals surface area contributed by atoms with E-state index in [1.165, 1.54) is 11.8 Å². The zero-order chi connectivity index (χ0) is 16.2. The van der Waals surface area contributed by atoms with Gasteiger partial charge in [0, 0.05) is 16.0 Å². The molecule has 0 atom stereocenters. The van der Waals surface area contributed by atoms with Crippen LogP contribution in [-0.2, 0) is 0 Å². The molecule has 0 aliphatic carbocycles. The molecule has 0 N–H and O–H groups in total. The van der Waals surface area contributed by atoms with Gasteiger partial charge in [-0.25, -0.2) is 0 Å². The van der Waals surface area contributed by atoms with Gasteiger partial charge in [-0.1, -0.05) is 41.6 Å². The van der Waals surface area contributed by atoms with Crippen molar-refractivity contribution in [1.29, 1.82) is 0 Å². The summed E-state index contributed by atoms with van der Waals surface area (Å²) in [5.41, 5.74) is 2.07. The van der Waals surface area contributed by atoms with Crippen LogP contribution in [0.1, 0.15) is 11.3 Å². The molecule has 3 rings (SSSR count). The normalized spacial score (nSPS) is 11.3. The lowest BCUT2D eigenvalue weighted by Gasteiger charge is -1.99. The number of hydrogen-bond acceptors (Lipinski definition) is 3. The number of aliphatic imine (C=N–C) groups is 1. The van der Waals surface area contributed by atoms with E-state index in [0.717, 1.165) is 30.7 Å². The fraction of sp³-hybridized carbons (Fsp3) is 0.0556. The Morgan fingerprint density at radius 1 is 1.13 bits per heavy atom. The third-order valence-corrected chi connectivity index (χ3v) is 5.25. The van der Waals surface area contributed by atoms with Gasteiger partial charge in [0.2, 0.25) is 0 Å². The van der Waals surface area contributed by atoms with Crippen LogP contribution in [0.2, 0.25) is 5.02 Å². The predicted molar refractivity (Wildman–Crippen MR) is 100 cm³/mol. The first-order valence-corrected chi connectivity index (χ1v) is 8.93. The summed E-state index contributed by atoms with van der Waals surface area (Å²) in [5.74, 6) is 0.705. The van der Waals surface area contributed by atoms with Crippen LogP contribution >= 0.6 is 39.3 Å². The predicted octanol–water partition coefficient (Wildman–Crippen LogP) is 6.91. The van der Waals surface area contributed by atoms with Gasteiger partial charge in [-0.05, 0) is 58.7 Å². The lowest BCUT2D eigenvalue weighted by molar-refractivity contribution is 0.466. The molecule has 0 amide bonds. The fourth-order valence-electron chi connectivity index (χ4n) is 1.95. The highest BCUT2D eigenvalue weighted by atomic mass is 79.9. The third-order valence-electron chi connectivity index (χ3n) is 3.15. The van der Waals surface area contributed by atoms with Crippen molar-refractivity contribution in [1.82, 2.24) is 0 Å². The van der Waals surface area contributed by atoms with Crippen LogP contribution in [0.4, 0.5) is 5.69 Å². The standard InChI is InChI=1S/C18H13BrClNOS/c1-12-4-2-3-5-17(12)21-11-14-10-16(19)18(22-14)23-15-8-6-13(20)7-9-15/h2-11H,1H3. The largest absolute Gasteiger partial charge is 0.447 e. The van der Waals surface area contributed by atoms with Crippen molar-refractivity contribution in [2.45, 2.75) is 16.9 Å². The molecule has 0 aliphatic rings. The molecule has 23 heavy (non-hydrogen) atoms. The minimum atomic E-state index is 0.705. The van der Waals surface area contributed by atoms with E-state index in [0.29, 0.717) is 5.76 Å². The molecule has 0 unspecified atom stereocenters. The van der Waals surface area contributed by atoms with Crippen molar-refractivity contribution in [3.8, 4) is 0 Å². The Morgan fingerprint density at radius 2 is 1.87 bits per heavy atom. The van der Waals surface area contributed by atoms with Gasteiger partial charge >= 0.3 is 0 Å². The summed E-state index contributed by atoms with van der Waals surface area (Å²) < 4.78 is 6.75. The summed E-state index contributed by atoms with van der Waals surface area (Å²) in [6, 6.07) is 17.5. The molecule has 0 spiro atoms. The second-order valence-electron chi connectivity index (χ2n) is 4.88. The molecule has 3 aromatic rings. The van der Waals surface area contributed by atoms with Crippen molar-refractivity contribution < 1.29 is 4.42 Å². The first-order chi connectivity index (χ1) is 11.1. The van der Waals surface area contributed by atoms with Crippen molar-refractivity contribution in [3.05, 3.63) is 75.4 Å². The number of aryl methyl sites for hydroxylation is 1. The van der Waals surface area contributed by atoms with Crippen LogP contribution in [0, 0.1) is 6.92 Å². The maximum Gasteiger partial charge on any atom is 0.179 e. The minimum absolute atomic E-state index is 0.705. The highest BCUT2D eigenvalue weighted by molar-refractivity contribution is 9.10. The second-order valence-corrected chi connectivity index (χ2v) is 7.22. The Labute approximate surface area is 152 Å². The third kappa shape index (κ3) is 4.28. The van der Waals surface area contributed by atoms with Crippen molar-refractivity contribution >= 4 is 51.2 Å². The first kappa shape index (κ1) is 16.4. The van der Waals surface area contributed by atoms with E-state index < -0.39 is 0 Å². The van der Waals surface area contributed by atoms with E-state index in [-0.39, 0.29) is 0 Å². The minimum Gasteiger partial charge on any atom is -0.447 e. The smallest absolute Gasteiger partial charge is 0.179 e. The number of para-hydroxylation sites is 1. The summed E-state index contributed by atoms with van der Waals surface area (Å²) in [6.45, 7) is 2.03. The van der Waals surface area contributed by atoms with Crippen LogP contribution in [0.3, 0.4) is 0 Å². The van der Waals surface area contributed by atoms with Crippen molar-refractivity contribution in [2.24, 2.45) is 4.99 Å². The summed E-state index contributed by atoms with van der Waals surface area (Å²) >= 11 is 11.0. The van der Waals surface area contributed by atoms with Gasteiger partial charge < -0.3 is 4.42 Å². The van der Waals surface area contributed by atoms with Gasteiger partial charge in [0.05, 0.1) is 16.4 Å². The Bertz CT molecular complexity index is 842. The Balaban J connectivity index is 1.78. The van der Waals surface area contributed by atoms with Crippen molar-refractivity contribution in [3.63, 3.8) is 0 Å². The van der Waals surface area contributed by atoms with E-state index in [1.54, 1.807) is 6.21 Å². The molecule has 0 saturated heterocycles. The molecule has 0 saturated carbocycles. The number of furan rings is 1. The SMILES string of the molecule is Cc1ccccc1N=Cc1cc(Br)c(Sc2ccc(Cl)cc2)o1. The number of benzene rings is 2. The molecule has 1 heterocycles. The Hall–Kier alpha value is -1.49. The van der Waals surface area contributed by atoms with Gasteiger partial charge in [-0.3, -0.25) is 4.99 Å². The van der Waals surface area contributed by atoms with Gasteiger partial charge in [0.25, 0.3) is 0 Å². The number of rotatable bonds is 4. The zero-order valence-corrected chi connectivity index (χ0v) is 15.5. The van der Waals surface area contributed by atoms with Gasteiger partial charge in [-0.2, -0.15) is 0 Å². The molecule has 0 bridgehead atoms. The summed E-state index contributed by atoms with van der Waals surface area (Å²) in [5, 5.41) is 1.51. The lowest BCUT2D eigenvalue weighted by Crippen LogP contribution is -1.77. The Kier molecular flexibility index (Phi) is 5.26. The molecule has 1 aromatic heterocycles. The van der Waals surface area contributed by atoms with Crippen LogP contribution in [-0.4, -0.2) is 6.21 Å². The summed E-state index contributed by atoms with van der Waals surface area (Å²) in [7, 11) is 0. The number of halogens is 2. The van der Waals surface area contributed by atoms with Crippen LogP contribution in [0.25, 0.3) is 0 Å². The fourth-order valence-corrected chi connectivity index (χ4v) is 3.41. The van der Waals surface area contributed by atoms with Crippen LogP contribution in [0.15, 0.2) is 78.5 Å². The maximum atomic E-state index is 5.90. The van der Waals surface area contributed by atoms with E-state index >= 15 is 0 Å². The topological polar surface area (TPSA) is 25.5 Å². The van der Waals surface area contributed by atoms with Gasteiger partial charge in [-0.15, -0.1) is 0 Å². The molecule has 2 nitrogen and oxygen atoms in total. The second kappa shape index (κ2) is 7.39. The highest BCUT2D eigenvalue weighted by Gasteiger charge is 2.09. The molecule has 116 valence electrons. The zero-order valence-electron chi connectivity index (χ0n) is 12.3. The average Bonchev–Trinajstić information content (AvgIpc) is 2.89. The molecule has 2 aromatic carbocycles. The first-order valence-electron chi connectivity index (χ1n) is 6.94. The summed E-state index contributed by atoms with van der Waals surface area (Å²) in [4.78, 5) is 5.54. The van der Waals surface area contributed by atoms with Crippen LogP contribution in [0.5, 0.6) is 0 Å². The van der Waals surface area contributed by atoms with Gasteiger partial charge in [0.1, 0.15) is 5.76 Å². The highest BCUT2D eigenvalue weighted by Crippen LogP contribution is 2.36. The average molecular weight is 407 g/mol. The van der Waals surface area contributed by atoms with E-state index in [2.05, 4.69) is 20.9 Å². The molecular formula is C18H13BrClNOS. The quantitative estimate of drug-likeness (QED) is 0.440. The van der Waals surface area contributed by atoms with Gasteiger partial charge in [0.15, 0.2) is 5.09 Å². The summed E-state index contributed by atoms with van der Waals surface area (Å²) in [6.07, 6.45) is 1.74. The lowest BCUT2D eigenvalue weighted by atomic mass is 10.2. The van der Waals surface area contributed by atoms with E-state index in [9.17, 15) is 0 Å². The molecule has 0 fully saturated rings. The molecule has 5 heteroatoms. The Morgan fingerprint density at radius 3 is 2.61 bits per heavy atom. The molecule has 0 radical (unpaired) electrons. The van der Waals surface area contributed by atoms with E-state index in [1.807, 2.05) is 61.5 Å². The number of hydrogen-bond donors (Lipinski definition) is 0. The van der Waals surface area contributed by atoms with Crippen LogP contribution < -0.4 is 0 Å². The molecule has 0 aliphatic heterocycles. The monoisotopic (exact) mass is 405 g/mol. The van der Waals surface area contributed by atoms with E-state index in [4.69, 9.17) is 16.0 Å². The van der Waals surface area contributed by atoms with Crippen molar-refractivity contribution in [2.75, 3.05) is 0 Å². The number of nitrogens with zero attached hydrogens (tertiary/aromatic N) is 1.